The highest BCUT2D eigenvalue weighted by atomic mass is 32.1. The summed E-state index contributed by atoms with van der Waals surface area (Å²) in [5.74, 6) is 0.899. The quantitative estimate of drug-likeness (QED) is 0.912. The molecule has 0 unspecified atom stereocenters. The van der Waals surface area contributed by atoms with Crippen molar-refractivity contribution >= 4 is 16.9 Å². The smallest absolute Gasteiger partial charge is 0.122 e. The molecule has 3 nitrogen and oxygen atoms in total. The fourth-order valence-corrected chi connectivity index (χ4v) is 3.02. The predicted molar refractivity (Wildman–Crippen MR) is 82.4 cm³/mol. The fourth-order valence-electron chi connectivity index (χ4n) is 2.40. The van der Waals surface area contributed by atoms with Crippen LogP contribution >= 0.6 is 11.3 Å². The third kappa shape index (κ3) is 2.92. The lowest BCUT2D eigenvalue weighted by molar-refractivity contribution is 0.309. The lowest BCUT2D eigenvalue weighted by Gasteiger charge is -2.06. The maximum Gasteiger partial charge on any atom is 0.122 e. The first-order chi connectivity index (χ1) is 9.72. The second kappa shape index (κ2) is 5.77. The Kier molecular flexibility index (Phi) is 3.85. The van der Waals surface area contributed by atoms with Gasteiger partial charge in [-0.1, -0.05) is 6.07 Å². The Hall–Kier alpha value is -1.65. The number of ether oxygens (including phenoxy) is 1. The number of nitrogens with zero attached hydrogens (tertiary/aromatic N) is 1. The van der Waals surface area contributed by atoms with Gasteiger partial charge in [0.25, 0.3) is 0 Å². The van der Waals surface area contributed by atoms with Gasteiger partial charge in [0.15, 0.2) is 0 Å². The van der Waals surface area contributed by atoms with Crippen LogP contribution in [0.15, 0.2) is 40.7 Å². The van der Waals surface area contributed by atoms with E-state index in [0.29, 0.717) is 6.61 Å². The SMILES string of the molecule is C[C@@H](N)CC1=c2cc(OCc3cccs3)ccc2=NC1. The van der Waals surface area contributed by atoms with Crippen LogP contribution in [0.5, 0.6) is 5.75 Å². The van der Waals surface area contributed by atoms with Crippen molar-refractivity contribution in [3.63, 3.8) is 0 Å². The molecule has 0 bridgehead atoms. The first-order valence-corrected chi connectivity index (χ1v) is 7.68. The van der Waals surface area contributed by atoms with E-state index in [-0.39, 0.29) is 6.04 Å². The minimum atomic E-state index is 0.168. The summed E-state index contributed by atoms with van der Waals surface area (Å²) >= 11 is 1.71. The third-order valence-corrected chi connectivity index (χ3v) is 4.17. The highest BCUT2D eigenvalue weighted by Gasteiger charge is 2.09. The molecule has 1 aliphatic heterocycles. The van der Waals surface area contributed by atoms with E-state index in [2.05, 4.69) is 22.5 Å². The van der Waals surface area contributed by atoms with Gasteiger partial charge in [0.05, 0.1) is 11.9 Å². The van der Waals surface area contributed by atoms with Gasteiger partial charge in [0, 0.05) is 16.1 Å². The Morgan fingerprint density at radius 1 is 1.40 bits per heavy atom. The van der Waals surface area contributed by atoms with Crippen molar-refractivity contribution in [1.82, 2.24) is 0 Å². The third-order valence-electron chi connectivity index (χ3n) is 3.32. The van der Waals surface area contributed by atoms with E-state index in [1.54, 1.807) is 11.3 Å². The molecule has 0 fully saturated rings. The van der Waals surface area contributed by atoms with Crippen molar-refractivity contribution in [1.29, 1.82) is 0 Å². The van der Waals surface area contributed by atoms with Crippen LogP contribution in [-0.2, 0) is 6.61 Å². The molecule has 0 radical (unpaired) electrons. The number of thiophene rings is 1. The lowest BCUT2D eigenvalue weighted by Crippen LogP contribution is -2.25. The Morgan fingerprint density at radius 3 is 3.05 bits per heavy atom. The second-order valence-electron chi connectivity index (χ2n) is 5.15. The van der Waals surface area contributed by atoms with Crippen LogP contribution in [0, 0.1) is 0 Å². The fraction of sp³-hybridized carbons (Fsp3) is 0.312. The van der Waals surface area contributed by atoms with E-state index in [1.165, 1.54) is 15.7 Å². The summed E-state index contributed by atoms with van der Waals surface area (Å²) in [6.45, 7) is 3.42. The summed E-state index contributed by atoms with van der Waals surface area (Å²) < 4.78 is 5.85. The van der Waals surface area contributed by atoms with Crippen molar-refractivity contribution < 1.29 is 4.74 Å². The predicted octanol–water partition coefficient (Wildman–Crippen LogP) is 1.85. The summed E-state index contributed by atoms with van der Waals surface area (Å²) in [4.78, 5) is 5.77. The minimum absolute atomic E-state index is 0.168. The first-order valence-electron chi connectivity index (χ1n) is 6.80. The van der Waals surface area contributed by atoms with E-state index >= 15 is 0 Å². The van der Waals surface area contributed by atoms with E-state index in [0.717, 1.165) is 24.1 Å². The molecular formula is C16H18N2OS. The van der Waals surface area contributed by atoms with E-state index < -0.39 is 0 Å². The molecule has 104 valence electrons. The second-order valence-corrected chi connectivity index (χ2v) is 6.18. The van der Waals surface area contributed by atoms with Gasteiger partial charge in [0.2, 0.25) is 0 Å². The van der Waals surface area contributed by atoms with E-state index in [9.17, 15) is 0 Å². The van der Waals surface area contributed by atoms with Crippen LogP contribution in [0.4, 0.5) is 0 Å². The molecule has 1 atom stereocenters. The van der Waals surface area contributed by atoms with Crippen LogP contribution in [-0.4, -0.2) is 12.6 Å². The highest BCUT2D eigenvalue weighted by Crippen LogP contribution is 2.14. The summed E-state index contributed by atoms with van der Waals surface area (Å²) in [5, 5.41) is 4.32. The first kappa shape index (κ1) is 13.3. The Bertz CT molecular complexity index is 705. The van der Waals surface area contributed by atoms with Crippen LogP contribution in [0.25, 0.3) is 5.57 Å². The molecule has 2 N–H and O–H groups in total. The van der Waals surface area contributed by atoms with Crippen LogP contribution < -0.4 is 21.0 Å². The molecule has 1 aromatic carbocycles. The largest absolute Gasteiger partial charge is 0.488 e. The molecule has 2 heterocycles. The van der Waals surface area contributed by atoms with E-state index in [1.807, 2.05) is 25.1 Å². The van der Waals surface area contributed by atoms with Gasteiger partial charge in [-0.25, -0.2) is 0 Å². The van der Waals surface area contributed by atoms with Crippen molar-refractivity contribution in [3.8, 4) is 5.75 Å². The molecule has 0 aliphatic carbocycles. The van der Waals surface area contributed by atoms with Crippen molar-refractivity contribution in [2.45, 2.75) is 26.0 Å². The van der Waals surface area contributed by atoms with Crippen LogP contribution in [0.3, 0.4) is 0 Å². The van der Waals surface area contributed by atoms with Gasteiger partial charge >= 0.3 is 0 Å². The topological polar surface area (TPSA) is 47.6 Å². The van der Waals surface area contributed by atoms with Gasteiger partial charge in [-0.15, -0.1) is 11.3 Å². The minimum Gasteiger partial charge on any atom is -0.488 e. The molecule has 0 saturated carbocycles. The summed E-state index contributed by atoms with van der Waals surface area (Å²) in [7, 11) is 0. The Morgan fingerprint density at radius 2 is 2.30 bits per heavy atom. The van der Waals surface area contributed by atoms with Crippen molar-refractivity contribution in [2.75, 3.05) is 6.54 Å². The van der Waals surface area contributed by atoms with Crippen molar-refractivity contribution in [3.05, 3.63) is 51.2 Å². The zero-order valence-corrected chi connectivity index (χ0v) is 12.3. The lowest BCUT2D eigenvalue weighted by atomic mass is 10.1. The van der Waals surface area contributed by atoms with Crippen LogP contribution in [0.2, 0.25) is 0 Å². The number of rotatable bonds is 5. The maximum absolute atomic E-state index is 5.90. The zero-order chi connectivity index (χ0) is 13.9. The van der Waals surface area contributed by atoms with Gasteiger partial charge in [-0.2, -0.15) is 0 Å². The normalized spacial score (nSPS) is 14.8. The van der Waals surface area contributed by atoms with Gasteiger partial charge in [-0.3, -0.25) is 4.99 Å². The number of benzene rings is 1. The number of hydrogen-bond acceptors (Lipinski definition) is 4. The van der Waals surface area contributed by atoms with Gasteiger partial charge in [-0.05, 0) is 48.6 Å². The van der Waals surface area contributed by atoms with Crippen molar-refractivity contribution in [2.24, 2.45) is 10.7 Å². The number of hydrogen-bond donors (Lipinski definition) is 1. The average Bonchev–Trinajstić information content (AvgIpc) is 3.06. The highest BCUT2D eigenvalue weighted by molar-refractivity contribution is 7.09. The monoisotopic (exact) mass is 286 g/mol. The molecule has 0 amide bonds. The summed E-state index contributed by atoms with van der Waals surface area (Å²) in [5.41, 5.74) is 7.21. The molecule has 4 heteroatoms. The van der Waals surface area contributed by atoms with Gasteiger partial charge < -0.3 is 10.5 Å². The zero-order valence-electron chi connectivity index (χ0n) is 11.5. The van der Waals surface area contributed by atoms with Crippen LogP contribution in [0.1, 0.15) is 18.2 Å². The molecule has 0 saturated heterocycles. The Labute approximate surface area is 122 Å². The standard InChI is InChI=1S/C16H18N2OS/c1-11(17)7-12-9-18-16-5-4-13(8-15(12)16)19-10-14-3-2-6-20-14/h2-6,8,11H,7,9-10,17H2,1H3/t11-/m1/s1. The summed E-state index contributed by atoms with van der Waals surface area (Å²) in [6.07, 6.45) is 0.894. The number of fused-ring (bicyclic) bond motifs is 1. The molecule has 1 aromatic heterocycles. The molecule has 3 rings (SSSR count). The molecule has 0 spiro atoms. The summed E-state index contributed by atoms with van der Waals surface area (Å²) in [6, 6.07) is 10.4. The maximum atomic E-state index is 5.90. The molecule has 20 heavy (non-hydrogen) atoms. The Balaban J connectivity index is 1.83. The number of nitrogens with two attached hydrogens (primary N) is 1. The molecule has 1 aliphatic rings. The molecule has 2 aromatic rings. The van der Waals surface area contributed by atoms with E-state index in [4.69, 9.17) is 10.5 Å². The molecular weight excluding hydrogens is 268 g/mol. The van der Waals surface area contributed by atoms with Gasteiger partial charge in [0.1, 0.15) is 12.4 Å². The average molecular weight is 286 g/mol.